The maximum atomic E-state index is 11.4. The highest BCUT2D eigenvalue weighted by Gasteiger charge is 2.15. The Morgan fingerprint density at radius 1 is 1.50 bits per heavy atom. The molecule has 0 amide bonds. The number of nitrogens with one attached hydrogen (secondary N) is 1. The molecule has 5 heteroatoms. The van der Waals surface area contributed by atoms with Gasteiger partial charge in [-0.1, -0.05) is 0 Å². The molecule has 0 aromatic carbocycles. The molecule has 1 atom stereocenters. The molecule has 1 heterocycles. The van der Waals surface area contributed by atoms with Gasteiger partial charge < -0.3 is 19.2 Å². The topological polar surface area (TPSA) is 60.7 Å². The highest BCUT2D eigenvalue weighted by Crippen LogP contribution is 2.15. The van der Waals surface area contributed by atoms with E-state index in [1.165, 1.54) is 7.11 Å². The molecule has 0 aliphatic heterocycles. The van der Waals surface area contributed by atoms with Crippen molar-refractivity contribution in [2.45, 2.75) is 32.9 Å². The average Bonchev–Trinajstić information content (AvgIpc) is 2.74. The summed E-state index contributed by atoms with van der Waals surface area (Å²) in [5, 5.41) is 3.31. The first-order valence-corrected chi connectivity index (χ1v) is 5.98. The molecule has 1 N–H and O–H groups in total. The molecule has 0 saturated carbocycles. The Bertz CT molecular complexity index is 386. The SMILES string of the molecule is COCCC(C)NCc1cc(C(=O)OC)c(C)o1. The number of furan rings is 1. The van der Waals surface area contributed by atoms with E-state index in [2.05, 4.69) is 17.0 Å². The second-order valence-corrected chi connectivity index (χ2v) is 4.24. The molecule has 1 rings (SSSR count). The van der Waals surface area contributed by atoms with E-state index in [0.29, 0.717) is 23.9 Å². The number of ether oxygens (including phenoxy) is 2. The molecule has 5 nitrogen and oxygen atoms in total. The second kappa shape index (κ2) is 7.18. The van der Waals surface area contributed by atoms with Crippen molar-refractivity contribution in [2.24, 2.45) is 0 Å². The van der Waals surface area contributed by atoms with Crippen molar-refractivity contribution < 1.29 is 18.7 Å². The predicted octanol–water partition coefficient (Wildman–Crippen LogP) is 1.89. The van der Waals surface area contributed by atoms with E-state index < -0.39 is 0 Å². The van der Waals surface area contributed by atoms with E-state index in [9.17, 15) is 4.79 Å². The molecule has 1 aromatic rings. The van der Waals surface area contributed by atoms with Crippen LogP contribution in [0.1, 0.15) is 35.2 Å². The fourth-order valence-electron chi connectivity index (χ4n) is 1.61. The number of carbonyl (C=O) groups excluding carboxylic acids is 1. The Hall–Kier alpha value is -1.33. The summed E-state index contributed by atoms with van der Waals surface area (Å²) < 4.78 is 15.2. The van der Waals surface area contributed by atoms with Crippen LogP contribution < -0.4 is 5.32 Å². The van der Waals surface area contributed by atoms with Crippen molar-refractivity contribution in [2.75, 3.05) is 20.8 Å². The van der Waals surface area contributed by atoms with E-state index in [0.717, 1.165) is 18.8 Å². The van der Waals surface area contributed by atoms with Crippen molar-refractivity contribution in [1.82, 2.24) is 5.32 Å². The van der Waals surface area contributed by atoms with Gasteiger partial charge in [-0.25, -0.2) is 4.79 Å². The Morgan fingerprint density at radius 3 is 2.83 bits per heavy atom. The largest absolute Gasteiger partial charge is 0.465 e. The lowest BCUT2D eigenvalue weighted by Gasteiger charge is -2.11. The molecule has 1 unspecified atom stereocenters. The molecule has 0 saturated heterocycles. The van der Waals surface area contributed by atoms with Crippen LogP contribution in [0.4, 0.5) is 0 Å². The summed E-state index contributed by atoms with van der Waals surface area (Å²) in [5.74, 6) is 0.954. The Labute approximate surface area is 107 Å². The van der Waals surface area contributed by atoms with Gasteiger partial charge in [-0.05, 0) is 26.3 Å². The van der Waals surface area contributed by atoms with Gasteiger partial charge in [0.15, 0.2) is 0 Å². The third kappa shape index (κ3) is 4.16. The summed E-state index contributed by atoms with van der Waals surface area (Å²) in [5.41, 5.74) is 0.485. The Morgan fingerprint density at radius 2 is 2.22 bits per heavy atom. The minimum Gasteiger partial charge on any atom is -0.465 e. The molecule has 1 aromatic heterocycles. The standard InChI is InChI=1S/C13H21NO4/c1-9(5-6-16-3)14-8-11-7-12(10(2)18-11)13(15)17-4/h7,9,14H,5-6,8H2,1-4H3. The van der Waals surface area contributed by atoms with Crippen molar-refractivity contribution in [3.63, 3.8) is 0 Å². The van der Waals surface area contributed by atoms with Crippen LogP contribution in [0.25, 0.3) is 0 Å². The number of hydrogen-bond donors (Lipinski definition) is 1. The first-order chi connectivity index (χ1) is 8.58. The van der Waals surface area contributed by atoms with E-state index >= 15 is 0 Å². The molecule has 0 radical (unpaired) electrons. The molecule has 0 fully saturated rings. The third-order valence-electron chi connectivity index (χ3n) is 2.75. The summed E-state index contributed by atoms with van der Waals surface area (Å²) in [6.07, 6.45) is 0.931. The summed E-state index contributed by atoms with van der Waals surface area (Å²) in [6.45, 7) is 5.14. The van der Waals surface area contributed by atoms with Gasteiger partial charge in [-0.2, -0.15) is 0 Å². The van der Waals surface area contributed by atoms with Crippen LogP contribution in [-0.2, 0) is 16.0 Å². The van der Waals surface area contributed by atoms with Crippen LogP contribution in [0.15, 0.2) is 10.5 Å². The highest BCUT2D eigenvalue weighted by atomic mass is 16.5. The molecular weight excluding hydrogens is 234 g/mol. The first-order valence-electron chi connectivity index (χ1n) is 5.98. The summed E-state index contributed by atoms with van der Waals surface area (Å²) >= 11 is 0. The minimum absolute atomic E-state index is 0.330. The quantitative estimate of drug-likeness (QED) is 0.754. The van der Waals surface area contributed by atoms with Crippen LogP contribution in [0.2, 0.25) is 0 Å². The smallest absolute Gasteiger partial charge is 0.341 e. The molecule has 0 spiro atoms. The summed E-state index contributed by atoms with van der Waals surface area (Å²) in [4.78, 5) is 11.4. The maximum Gasteiger partial charge on any atom is 0.341 e. The molecule has 18 heavy (non-hydrogen) atoms. The van der Waals surface area contributed by atoms with Gasteiger partial charge in [-0.15, -0.1) is 0 Å². The van der Waals surface area contributed by atoms with Crippen LogP contribution >= 0.6 is 0 Å². The predicted molar refractivity (Wildman–Crippen MR) is 67.6 cm³/mol. The van der Waals surface area contributed by atoms with Crippen LogP contribution in [0.5, 0.6) is 0 Å². The number of carbonyl (C=O) groups is 1. The van der Waals surface area contributed by atoms with Gasteiger partial charge in [0, 0.05) is 19.8 Å². The van der Waals surface area contributed by atoms with Crippen molar-refractivity contribution in [3.8, 4) is 0 Å². The number of hydrogen-bond acceptors (Lipinski definition) is 5. The van der Waals surface area contributed by atoms with Crippen LogP contribution in [-0.4, -0.2) is 32.8 Å². The number of rotatable bonds is 7. The summed E-state index contributed by atoms with van der Waals surface area (Å²) in [6, 6.07) is 2.05. The number of esters is 1. The lowest BCUT2D eigenvalue weighted by Crippen LogP contribution is -2.26. The second-order valence-electron chi connectivity index (χ2n) is 4.24. The fourth-order valence-corrected chi connectivity index (χ4v) is 1.61. The molecule has 0 aliphatic rings. The van der Waals surface area contributed by atoms with E-state index in [1.54, 1.807) is 20.1 Å². The molecule has 102 valence electrons. The third-order valence-corrected chi connectivity index (χ3v) is 2.75. The van der Waals surface area contributed by atoms with E-state index in [1.807, 2.05) is 0 Å². The minimum atomic E-state index is -0.366. The highest BCUT2D eigenvalue weighted by molar-refractivity contribution is 5.90. The van der Waals surface area contributed by atoms with Crippen LogP contribution in [0, 0.1) is 6.92 Å². The first kappa shape index (κ1) is 14.7. The number of methoxy groups -OCH3 is 2. The van der Waals surface area contributed by atoms with Gasteiger partial charge in [0.1, 0.15) is 17.1 Å². The monoisotopic (exact) mass is 255 g/mol. The Balaban J connectivity index is 2.50. The number of aryl methyl sites for hydroxylation is 1. The average molecular weight is 255 g/mol. The van der Waals surface area contributed by atoms with E-state index in [-0.39, 0.29) is 5.97 Å². The maximum absolute atomic E-state index is 11.4. The van der Waals surface area contributed by atoms with E-state index in [4.69, 9.17) is 9.15 Å². The lowest BCUT2D eigenvalue weighted by atomic mass is 10.2. The van der Waals surface area contributed by atoms with Crippen LogP contribution in [0.3, 0.4) is 0 Å². The van der Waals surface area contributed by atoms with Crippen molar-refractivity contribution in [3.05, 3.63) is 23.2 Å². The zero-order valence-electron chi connectivity index (χ0n) is 11.4. The molecule has 0 aliphatic carbocycles. The van der Waals surface area contributed by atoms with Gasteiger partial charge in [-0.3, -0.25) is 0 Å². The molecule has 0 bridgehead atoms. The fraction of sp³-hybridized carbons (Fsp3) is 0.615. The van der Waals surface area contributed by atoms with Crippen molar-refractivity contribution >= 4 is 5.97 Å². The Kier molecular flexibility index (Phi) is 5.88. The van der Waals surface area contributed by atoms with Crippen molar-refractivity contribution in [1.29, 1.82) is 0 Å². The molecular formula is C13H21NO4. The zero-order valence-corrected chi connectivity index (χ0v) is 11.4. The normalized spacial score (nSPS) is 12.4. The van der Waals surface area contributed by atoms with Gasteiger partial charge in [0.2, 0.25) is 0 Å². The zero-order chi connectivity index (χ0) is 13.5. The van der Waals surface area contributed by atoms with Gasteiger partial charge in [0.05, 0.1) is 13.7 Å². The van der Waals surface area contributed by atoms with Gasteiger partial charge in [0.25, 0.3) is 0 Å². The lowest BCUT2D eigenvalue weighted by molar-refractivity contribution is 0.0599. The summed E-state index contributed by atoms with van der Waals surface area (Å²) in [7, 11) is 3.05. The van der Waals surface area contributed by atoms with Gasteiger partial charge >= 0.3 is 5.97 Å².